The lowest BCUT2D eigenvalue weighted by Gasteiger charge is -2.32. The molecule has 1 aromatic rings. The Morgan fingerprint density at radius 1 is 0.676 bits per heavy atom. The molecule has 4 nitrogen and oxygen atoms in total. The Morgan fingerprint density at radius 2 is 1.03 bits per heavy atom. The molecule has 0 spiro atoms. The predicted molar refractivity (Wildman–Crippen MR) is 134 cm³/mol. The molecule has 2 aliphatic rings. The van der Waals surface area contributed by atoms with Crippen LogP contribution in [-0.4, -0.2) is 44.7 Å². The number of halogens is 3. The van der Waals surface area contributed by atoms with Crippen molar-refractivity contribution in [3.63, 3.8) is 0 Å². The van der Waals surface area contributed by atoms with Gasteiger partial charge in [0.05, 0.1) is 36.0 Å². The van der Waals surface area contributed by atoms with E-state index in [1.807, 2.05) is 55.4 Å². The third kappa shape index (κ3) is 4.94. The second kappa shape index (κ2) is 8.23. The van der Waals surface area contributed by atoms with E-state index in [0.717, 1.165) is 17.2 Å². The van der Waals surface area contributed by atoms with E-state index >= 15 is 0 Å². The topological polar surface area (TPSA) is 36.9 Å². The van der Waals surface area contributed by atoms with Crippen LogP contribution in [-0.2, 0) is 24.8 Å². The number of rotatable bonds is 4. The van der Waals surface area contributed by atoms with Crippen LogP contribution in [0.15, 0.2) is 29.4 Å². The van der Waals surface area contributed by atoms with Gasteiger partial charge in [-0.3, -0.25) is 0 Å². The summed E-state index contributed by atoms with van der Waals surface area (Å²) in [5, 5.41) is 0.921. The first-order chi connectivity index (χ1) is 15.1. The molecule has 0 saturated carbocycles. The van der Waals surface area contributed by atoms with Crippen molar-refractivity contribution in [1.29, 1.82) is 0 Å². The van der Waals surface area contributed by atoms with Crippen LogP contribution < -0.4 is 0 Å². The second-order valence-electron chi connectivity index (χ2n) is 12.3. The smallest absolute Gasteiger partial charge is 0.400 e. The van der Waals surface area contributed by atoms with Gasteiger partial charge in [-0.05, 0) is 78.6 Å². The lowest BCUT2D eigenvalue weighted by molar-refractivity contribution is -0.137. The van der Waals surface area contributed by atoms with Gasteiger partial charge in [-0.1, -0.05) is 36.9 Å². The summed E-state index contributed by atoms with van der Waals surface area (Å²) < 4.78 is 65.7. The van der Waals surface area contributed by atoms with E-state index in [1.165, 1.54) is 12.1 Å². The monoisotopic (exact) mass is 496 g/mol. The van der Waals surface area contributed by atoms with Gasteiger partial charge in [-0.2, -0.15) is 13.2 Å². The van der Waals surface area contributed by atoms with Gasteiger partial charge in [-0.15, -0.1) is 0 Å². The molecule has 0 bridgehead atoms. The van der Waals surface area contributed by atoms with Crippen LogP contribution in [0.5, 0.6) is 0 Å². The summed E-state index contributed by atoms with van der Waals surface area (Å²) in [5.41, 5.74) is -1.75. The van der Waals surface area contributed by atoms with Crippen LogP contribution >= 0.6 is 0 Å². The van der Waals surface area contributed by atoms with E-state index in [9.17, 15) is 13.2 Å². The van der Waals surface area contributed by atoms with Gasteiger partial charge in [0.25, 0.3) is 0 Å². The maximum Gasteiger partial charge on any atom is 0.494 e. The molecule has 0 unspecified atom stereocenters. The largest absolute Gasteiger partial charge is 0.494 e. The Balaban J connectivity index is 2.26. The van der Waals surface area contributed by atoms with Crippen LogP contribution in [0.2, 0.25) is 19.6 Å². The van der Waals surface area contributed by atoms with Crippen LogP contribution in [0.1, 0.15) is 66.5 Å². The minimum absolute atomic E-state index is 0.566. The van der Waals surface area contributed by atoms with Crippen molar-refractivity contribution in [2.24, 2.45) is 0 Å². The van der Waals surface area contributed by atoms with Gasteiger partial charge in [0.2, 0.25) is 0 Å². The SMILES string of the molecule is CC1(C)OB(/C(=C(/B2OC(C)(C)C(C)(C)O2)[Si](C)(C)C)c2ccc(C(F)(F)F)cc2)OC1(C)C. The average Bonchev–Trinajstić information content (AvgIpc) is 2.96. The molecule has 0 aliphatic carbocycles. The third-order valence-corrected chi connectivity index (χ3v) is 9.72. The number of hydrogen-bond donors (Lipinski definition) is 0. The van der Waals surface area contributed by atoms with E-state index in [0.29, 0.717) is 11.0 Å². The van der Waals surface area contributed by atoms with E-state index in [1.54, 1.807) is 0 Å². The lowest BCUT2D eigenvalue weighted by atomic mass is 9.67. The van der Waals surface area contributed by atoms with Crippen LogP contribution in [0.4, 0.5) is 13.2 Å². The van der Waals surface area contributed by atoms with Gasteiger partial charge in [0.15, 0.2) is 0 Å². The molecule has 2 heterocycles. The van der Waals surface area contributed by atoms with Crippen molar-refractivity contribution in [3.8, 4) is 0 Å². The molecule has 188 valence electrons. The molecule has 2 saturated heterocycles. The molecule has 3 rings (SSSR count). The van der Waals surface area contributed by atoms with Crippen LogP contribution in [0, 0.1) is 0 Å². The summed E-state index contributed by atoms with van der Waals surface area (Å²) in [6.45, 7) is 22.3. The van der Waals surface area contributed by atoms with E-state index < -0.39 is 56.5 Å². The maximum atomic E-state index is 13.3. The average molecular weight is 496 g/mol. The summed E-state index contributed by atoms with van der Waals surface area (Å²) in [4.78, 5) is 0. The molecule has 10 heteroatoms. The van der Waals surface area contributed by atoms with Gasteiger partial charge < -0.3 is 18.6 Å². The molecular weight excluding hydrogens is 459 g/mol. The normalized spacial score (nSPS) is 24.4. The molecule has 0 aromatic heterocycles. The number of benzene rings is 1. The van der Waals surface area contributed by atoms with Crippen molar-refractivity contribution in [1.82, 2.24) is 0 Å². The molecule has 1 aromatic carbocycles. The fourth-order valence-electron chi connectivity index (χ4n) is 4.06. The Bertz CT molecular complexity index is 932. The fourth-order valence-corrected chi connectivity index (χ4v) is 5.96. The van der Waals surface area contributed by atoms with Gasteiger partial charge in [0, 0.05) is 0 Å². The molecule has 2 fully saturated rings. The first-order valence-corrected chi connectivity index (χ1v) is 15.2. The first-order valence-electron chi connectivity index (χ1n) is 11.7. The predicted octanol–water partition coefficient (Wildman–Crippen LogP) is 6.60. The van der Waals surface area contributed by atoms with Crippen molar-refractivity contribution < 1.29 is 31.8 Å². The molecule has 0 radical (unpaired) electrons. The summed E-state index contributed by atoms with van der Waals surface area (Å²) in [7, 11) is -3.62. The van der Waals surface area contributed by atoms with Crippen molar-refractivity contribution in [2.45, 2.75) is 104 Å². The minimum atomic E-state index is -4.42. The zero-order valence-corrected chi connectivity index (χ0v) is 23.2. The Labute approximate surface area is 203 Å². The van der Waals surface area contributed by atoms with Crippen molar-refractivity contribution >= 4 is 27.8 Å². The van der Waals surface area contributed by atoms with Crippen LogP contribution in [0.3, 0.4) is 0 Å². The quantitative estimate of drug-likeness (QED) is 0.441. The fraction of sp³-hybridized carbons (Fsp3) is 0.667. The summed E-state index contributed by atoms with van der Waals surface area (Å²) in [5.74, 6) is 0. The summed E-state index contributed by atoms with van der Waals surface area (Å²) >= 11 is 0. The van der Waals surface area contributed by atoms with E-state index in [4.69, 9.17) is 18.6 Å². The standard InChI is InChI=1S/C24H37B2F3O4Si/c1-20(2)21(3,4)31-25(30-20)18(16-12-14-17(15-13-16)24(27,28)29)19(34(9,10)11)26-32-22(5,6)23(7,8)33-26/h12-15H,1-11H3/b19-18-. The maximum absolute atomic E-state index is 13.3. The van der Waals surface area contributed by atoms with Gasteiger partial charge in [-0.25, -0.2) is 0 Å². The lowest BCUT2D eigenvalue weighted by Crippen LogP contribution is -2.41. The zero-order valence-electron chi connectivity index (χ0n) is 22.2. The number of hydrogen-bond acceptors (Lipinski definition) is 4. The Morgan fingerprint density at radius 3 is 1.35 bits per heavy atom. The van der Waals surface area contributed by atoms with E-state index in [-0.39, 0.29) is 0 Å². The first kappa shape index (κ1) is 27.5. The van der Waals surface area contributed by atoms with Crippen LogP contribution in [0.25, 0.3) is 5.47 Å². The highest BCUT2D eigenvalue weighted by Crippen LogP contribution is 2.46. The van der Waals surface area contributed by atoms with Gasteiger partial charge in [0.1, 0.15) is 0 Å². The summed E-state index contributed by atoms with van der Waals surface area (Å²) in [6, 6.07) is 5.20. The Hall–Kier alpha value is -1.06. The summed E-state index contributed by atoms with van der Waals surface area (Å²) in [6.07, 6.45) is -4.42. The van der Waals surface area contributed by atoms with Crippen molar-refractivity contribution in [2.75, 3.05) is 0 Å². The Kier molecular flexibility index (Phi) is 6.66. The second-order valence-corrected chi connectivity index (χ2v) is 17.4. The molecule has 34 heavy (non-hydrogen) atoms. The molecule has 0 amide bonds. The van der Waals surface area contributed by atoms with Crippen molar-refractivity contribution in [3.05, 3.63) is 40.5 Å². The highest BCUT2D eigenvalue weighted by Gasteiger charge is 2.58. The van der Waals surface area contributed by atoms with Gasteiger partial charge >= 0.3 is 20.4 Å². The van der Waals surface area contributed by atoms with E-state index in [2.05, 4.69) is 19.6 Å². The third-order valence-electron chi connectivity index (χ3n) is 7.60. The zero-order chi connectivity index (χ0) is 26.1. The molecule has 0 atom stereocenters. The highest BCUT2D eigenvalue weighted by atomic mass is 28.3. The minimum Gasteiger partial charge on any atom is -0.400 e. The number of alkyl halides is 3. The molecule has 0 N–H and O–H groups in total. The highest BCUT2D eigenvalue weighted by molar-refractivity contribution is 6.99. The molecule has 2 aliphatic heterocycles. The molecular formula is C24H37B2F3O4Si.